The normalized spacial score (nSPS) is 13.7. The Kier molecular flexibility index (Phi) is 39.8. The highest BCUT2D eigenvalue weighted by atomic mass is 16.5. The minimum Gasteiger partial charge on any atom is -0.462 e. The molecule has 0 saturated heterocycles. The molecule has 0 aromatic rings. The molecular formula is C47H87NO5. The number of hydrogen-bond acceptors (Lipinski definition) is 5. The number of nitrogens with one attached hydrogen (secondary N) is 1. The van der Waals surface area contributed by atoms with Crippen LogP contribution in [-0.4, -0.2) is 46.9 Å². The molecule has 0 heterocycles. The third kappa shape index (κ3) is 36.8. The van der Waals surface area contributed by atoms with Gasteiger partial charge < -0.3 is 20.3 Å². The van der Waals surface area contributed by atoms with Crippen LogP contribution < -0.4 is 5.32 Å². The van der Waals surface area contributed by atoms with E-state index in [0.29, 0.717) is 19.3 Å². The van der Waals surface area contributed by atoms with Crippen LogP contribution in [0.2, 0.25) is 0 Å². The van der Waals surface area contributed by atoms with Gasteiger partial charge in [0.1, 0.15) is 6.10 Å². The fourth-order valence-corrected chi connectivity index (χ4v) is 6.84. The van der Waals surface area contributed by atoms with Crippen LogP contribution in [0, 0.1) is 0 Å². The Morgan fingerprint density at radius 2 is 1.02 bits per heavy atom. The second-order valence-corrected chi connectivity index (χ2v) is 15.5. The van der Waals surface area contributed by atoms with Crippen molar-refractivity contribution in [1.29, 1.82) is 0 Å². The van der Waals surface area contributed by atoms with Gasteiger partial charge in [0.15, 0.2) is 0 Å². The number of rotatable bonds is 40. The van der Waals surface area contributed by atoms with Crippen molar-refractivity contribution in [2.24, 2.45) is 0 Å². The van der Waals surface area contributed by atoms with E-state index in [4.69, 9.17) is 4.74 Å². The van der Waals surface area contributed by atoms with Crippen molar-refractivity contribution in [3.63, 3.8) is 0 Å². The zero-order chi connectivity index (χ0) is 38.9. The number of carbonyl (C=O) groups is 2. The van der Waals surface area contributed by atoms with Gasteiger partial charge in [-0.15, -0.1) is 0 Å². The monoisotopic (exact) mass is 746 g/mol. The SMILES string of the molecule is CC/C=C/C=C/C=C\CCCCCC(CC(=O)NC(CO)C(O)CCCCCCCCCCCCC)OC(=O)CCCCCCCCCCCCCC. The third-order valence-corrected chi connectivity index (χ3v) is 10.3. The molecule has 3 unspecified atom stereocenters. The summed E-state index contributed by atoms with van der Waals surface area (Å²) < 4.78 is 5.88. The molecule has 6 heteroatoms. The maximum atomic E-state index is 13.1. The standard InChI is InChI=1S/C47H87NO5/c1-4-7-10-13-16-19-22-25-28-31-34-37-40-47(52)53-43(38-35-32-29-26-23-20-17-14-11-8-5-2)41-46(51)48-44(42-49)45(50)39-36-33-30-27-24-21-18-15-12-9-6-3/h8,11,14,17,20,23,43-45,49-50H,4-7,9-10,12-13,15-16,18-19,21-22,24-42H2,1-3H3,(H,48,51)/b11-8+,17-14+,23-20-. The van der Waals surface area contributed by atoms with Crippen LogP contribution in [0.3, 0.4) is 0 Å². The minimum atomic E-state index is -0.792. The second-order valence-electron chi connectivity index (χ2n) is 15.5. The van der Waals surface area contributed by atoms with Crippen LogP contribution in [0.1, 0.15) is 226 Å². The lowest BCUT2D eigenvalue weighted by atomic mass is 10.0. The smallest absolute Gasteiger partial charge is 0.306 e. The van der Waals surface area contributed by atoms with Gasteiger partial charge in [-0.05, 0) is 44.9 Å². The molecule has 0 saturated carbocycles. The first-order valence-electron chi connectivity index (χ1n) is 22.7. The lowest BCUT2D eigenvalue weighted by molar-refractivity contribution is -0.151. The van der Waals surface area contributed by atoms with Crippen LogP contribution in [0.15, 0.2) is 36.5 Å². The largest absolute Gasteiger partial charge is 0.462 e. The van der Waals surface area contributed by atoms with E-state index in [1.165, 1.54) is 109 Å². The Morgan fingerprint density at radius 1 is 0.566 bits per heavy atom. The molecule has 0 fully saturated rings. The predicted octanol–water partition coefficient (Wildman–Crippen LogP) is 12.9. The van der Waals surface area contributed by atoms with Crippen LogP contribution in [0.5, 0.6) is 0 Å². The molecule has 0 aromatic heterocycles. The molecule has 1 amide bonds. The molecule has 0 radical (unpaired) electrons. The van der Waals surface area contributed by atoms with Gasteiger partial charge in [-0.3, -0.25) is 9.59 Å². The molecule has 53 heavy (non-hydrogen) atoms. The van der Waals surface area contributed by atoms with E-state index in [1.54, 1.807) is 0 Å². The zero-order valence-corrected chi connectivity index (χ0v) is 35.1. The van der Waals surface area contributed by atoms with E-state index in [0.717, 1.165) is 70.6 Å². The molecule has 0 spiro atoms. The summed E-state index contributed by atoms with van der Waals surface area (Å²) in [5, 5.41) is 23.6. The molecule has 0 aromatic carbocycles. The van der Waals surface area contributed by atoms with E-state index in [-0.39, 0.29) is 24.9 Å². The molecule has 0 bridgehead atoms. The molecule has 0 aliphatic rings. The highest BCUT2D eigenvalue weighted by Gasteiger charge is 2.24. The number of ether oxygens (including phenoxy) is 1. The van der Waals surface area contributed by atoms with Crippen molar-refractivity contribution in [2.45, 2.75) is 244 Å². The van der Waals surface area contributed by atoms with Crippen molar-refractivity contribution in [1.82, 2.24) is 5.32 Å². The van der Waals surface area contributed by atoms with Crippen molar-refractivity contribution in [3.8, 4) is 0 Å². The minimum absolute atomic E-state index is 0.0574. The summed E-state index contributed by atoms with van der Waals surface area (Å²) >= 11 is 0. The molecule has 6 nitrogen and oxygen atoms in total. The fourth-order valence-electron chi connectivity index (χ4n) is 6.84. The number of aliphatic hydroxyl groups excluding tert-OH is 2. The molecule has 3 atom stereocenters. The summed E-state index contributed by atoms with van der Waals surface area (Å²) in [5.41, 5.74) is 0. The van der Waals surface area contributed by atoms with Gasteiger partial charge in [-0.25, -0.2) is 0 Å². The molecule has 0 aliphatic heterocycles. The fraction of sp³-hybridized carbons (Fsp3) is 0.830. The first kappa shape index (κ1) is 51.1. The summed E-state index contributed by atoms with van der Waals surface area (Å²) in [7, 11) is 0. The average molecular weight is 746 g/mol. The van der Waals surface area contributed by atoms with E-state index in [2.05, 4.69) is 50.4 Å². The number of hydrogen-bond donors (Lipinski definition) is 3. The van der Waals surface area contributed by atoms with Crippen molar-refractivity contribution in [2.75, 3.05) is 6.61 Å². The number of unbranched alkanes of at least 4 members (excludes halogenated alkanes) is 24. The van der Waals surface area contributed by atoms with Gasteiger partial charge in [0.25, 0.3) is 0 Å². The molecular weight excluding hydrogens is 659 g/mol. The van der Waals surface area contributed by atoms with E-state index >= 15 is 0 Å². The topological polar surface area (TPSA) is 95.9 Å². The first-order chi connectivity index (χ1) is 26.0. The highest BCUT2D eigenvalue weighted by Crippen LogP contribution is 2.17. The Hall–Kier alpha value is -1.92. The summed E-state index contributed by atoms with van der Waals surface area (Å²) in [5.74, 6) is -0.506. The molecule has 0 aliphatic carbocycles. The zero-order valence-electron chi connectivity index (χ0n) is 35.1. The second kappa shape index (κ2) is 41.2. The summed E-state index contributed by atoms with van der Waals surface area (Å²) in [4.78, 5) is 25.9. The average Bonchev–Trinajstić information content (AvgIpc) is 3.15. The summed E-state index contributed by atoms with van der Waals surface area (Å²) in [6.45, 7) is 6.32. The number of carbonyl (C=O) groups excluding carboxylic acids is 2. The van der Waals surface area contributed by atoms with Crippen LogP contribution >= 0.6 is 0 Å². The molecule has 0 rings (SSSR count). The van der Waals surface area contributed by atoms with Crippen LogP contribution in [0.4, 0.5) is 0 Å². The Bertz CT molecular complexity index is 884. The number of esters is 1. The van der Waals surface area contributed by atoms with Crippen molar-refractivity contribution in [3.05, 3.63) is 36.5 Å². The third-order valence-electron chi connectivity index (χ3n) is 10.3. The maximum Gasteiger partial charge on any atom is 0.306 e. The van der Waals surface area contributed by atoms with Gasteiger partial charge >= 0.3 is 5.97 Å². The van der Waals surface area contributed by atoms with Crippen LogP contribution in [-0.2, 0) is 14.3 Å². The first-order valence-corrected chi connectivity index (χ1v) is 22.7. The maximum absolute atomic E-state index is 13.1. The van der Waals surface area contributed by atoms with Crippen molar-refractivity contribution < 1.29 is 24.5 Å². The molecule has 310 valence electrons. The lowest BCUT2D eigenvalue weighted by Gasteiger charge is -2.24. The van der Waals surface area contributed by atoms with Gasteiger partial charge in [-0.2, -0.15) is 0 Å². The van der Waals surface area contributed by atoms with Crippen molar-refractivity contribution >= 4 is 11.9 Å². The lowest BCUT2D eigenvalue weighted by Crippen LogP contribution is -2.46. The van der Waals surface area contributed by atoms with Gasteiger partial charge in [0.05, 0.1) is 25.2 Å². The van der Waals surface area contributed by atoms with Gasteiger partial charge in [0.2, 0.25) is 5.91 Å². The summed E-state index contributed by atoms with van der Waals surface area (Å²) in [6, 6.07) is -0.707. The number of amides is 1. The van der Waals surface area contributed by atoms with E-state index in [9.17, 15) is 19.8 Å². The Balaban J connectivity index is 4.61. The number of allylic oxidation sites excluding steroid dienone is 6. The van der Waals surface area contributed by atoms with Gasteiger partial charge in [0, 0.05) is 6.42 Å². The van der Waals surface area contributed by atoms with Gasteiger partial charge in [-0.1, -0.05) is 205 Å². The Labute approximate surface area is 328 Å². The van der Waals surface area contributed by atoms with E-state index in [1.807, 2.05) is 12.2 Å². The van der Waals surface area contributed by atoms with E-state index < -0.39 is 18.2 Å². The Morgan fingerprint density at radius 3 is 1.53 bits per heavy atom. The summed E-state index contributed by atoms with van der Waals surface area (Å²) in [6.07, 6.45) is 46.3. The highest BCUT2D eigenvalue weighted by molar-refractivity contribution is 5.77. The molecule has 3 N–H and O–H groups in total. The predicted molar refractivity (Wildman–Crippen MR) is 227 cm³/mol. The van der Waals surface area contributed by atoms with Crippen LogP contribution in [0.25, 0.3) is 0 Å². The number of aliphatic hydroxyl groups is 2. The quantitative estimate of drug-likeness (QED) is 0.0330.